The van der Waals surface area contributed by atoms with Crippen LogP contribution in [0.4, 0.5) is 0 Å². The van der Waals surface area contributed by atoms with Gasteiger partial charge in [-0.3, -0.25) is 0 Å². The summed E-state index contributed by atoms with van der Waals surface area (Å²) >= 11 is 0. The van der Waals surface area contributed by atoms with E-state index in [1.165, 1.54) is 5.56 Å². The van der Waals surface area contributed by atoms with Crippen LogP contribution in [0.2, 0.25) is 0 Å². The van der Waals surface area contributed by atoms with Gasteiger partial charge in [0.25, 0.3) is 0 Å². The molecule has 0 aliphatic carbocycles. The molecule has 0 spiro atoms. The highest BCUT2D eigenvalue weighted by atomic mass is 16.1. The van der Waals surface area contributed by atoms with Gasteiger partial charge in [-0.2, -0.15) is 0 Å². The third kappa shape index (κ3) is 6.14. The second-order valence-corrected chi connectivity index (χ2v) is 4.71. The number of unbranched alkanes of at least 4 members (excludes halogenated alkanes) is 4. The van der Waals surface area contributed by atoms with Crippen LogP contribution in [0.3, 0.4) is 0 Å². The predicted molar refractivity (Wildman–Crippen MR) is 79.5 cm³/mol. The van der Waals surface area contributed by atoms with Crippen LogP contribution in [0.5, 0.6) is 0 Å². The summed E-state index contributed by atoms with van der Waals surface area (Å²) in [7, 11) is 0. The maximum atomic E-state index is 10.5. The van der Waals surface area contributed by atoms with Crippen molar-refractivity contribution in [2.45, 2.75) is 38.5 Å². The quantitative estimate of drug-likeness (QED) is 0.325. The SMILES string of the molecule is NC(=C=O)c1cccc(CCCCCCCN=C=O)c1. The van der Waals surface area contributed by atoms with Crippen LogP contribution in [0.25, 0.3) is 5.70 Å². The van der Waals surface area contributed by atoms with Crippen LogP contribution in [0.1, 0.15) is 43.2 Å². The summed E-state index contributed by atoms with van der Waals surface area (Å²) in [4.78, 5) is 23.9. The highest BCUT2D eigenvalue weighted by molar-refractivity contribution is 5.85. The molecule has 0 saturated heterocycles. The molecule has 0 saturated carbocycles. The van der Waals surface area contributed by atoms with Crippen molar-refractivity contribution in [3.63, 3.8) is 0 Å². The number of nitrogens with zero attached hydrogens (tertiary/aromatic N) is 1. The Labute approximate surface area is 119 Å². The number of hydrogen-bond donors (Lipinski definition) is 1. The number of benzene rings is 1. The molecule has 0 aromatic heterocycles. The number of rotatable bonds is 9. The van der Waals surface area contributed by atoms with E-state index in [0.29, 0.717) is 6.54 Å². The minimum Gasteiger partial charge on any atom is -0.389 e. The third-order valence-electron chi connectivity index (χ3n) is 3.15. The maximum absolute atomic E-state index is 10.5. The van der Waals surface area contributed by atoms with Crippen molar-refractivity contribution in [2.75, 3.05) is 6.54 Å². The molecule has 4 nitrogen and oxygen atoms in total. The largest absolute Gasteiger partial charge is 0.389 e. The standard InChI is InChI=1S/C16H20N2O2/c17-16(12-19)15-9-6-8-14(11-15)7-4-2-1-3-5-10-18-13-20/h6,8-9,11H,1-5,7,10,17H2. The molecule has 0 fully saturated rings. The van der Waals surface area contributed by atoms with Crippen LogP contribution < -0.4 is 5.73 Å². The zero-order valence-electron chi connectivity index (χ0n) is 11.6. The van der Waals surface area contributed by atoms with Crippen molar-refractivity contribution in [3.05, 3.63) is 35.4 Å². The zero-order valence-corrected chi connectivity index (χ0v) is 11.6. The Kier molecular flexibility index (Phi) is 7.74. The lowest BCUT2D eigenvalue weighted by molar-refractivity contribution is 0.560. The minimum absolute atomic E-state index is 0.155. The Morgan fingerprint density at radius 1 is 1.10 bits per heavy atom. The van der Waals surface area contributed by atoms with Crippen LogP contribution in [0, 0.1) is 0 Å². The number of isocyanates is 1. The van der Waals surface area contributed by atoms with Crippen LogP contribution >= 0.6 is 0 Å². The van der Waals surface area contributed by atoms with E-state index in [0.717, 1.165) is 44.1 Å². The molecule has 0 unspecified atom stereocenters. The lowest BCUT2D eigenvalue weighted by atomic mass is 10.0. The van der Waals surface area contributed by atoms with Gasteiger partial charge in [-0.05, 0) is 30.9 Å². The van der Waals surface area contributed by atoms with Gasteiger partial charge in [-0.15, -0.1) is 0 Å². The molecule has 0 aliphatic heterocycles. The summed E-state index contributed by atoms with van der Waals surface area (Å²) < 4.78 is 0. The Balaban J connectivity index is 2.25. The highest BCUT2D eigenvalue weighted by Crippen LogP contribution is 2.13. The van der Waals surface area contributed by atoms with Crippen molar-refractivity contribution in [3.8, 4) is 0 Å². The molecule has 1 aromatic carbocycles. The van der Waals surface area contributed by atoms with Gasteiger partial charge in [0.15, 0.2) is 5.94 Å². The lowest BCUT2D eigenvalue weighted by Crippen LogP contribution is -1.97. The predicted octanol–water partition coefficient (Wildman–Crippen LogP) is 2.65. The first-order valence-electron chi connectivity index (χ1n) is 6.91. The van der Waals surface area contributed by atoms with E-state index in [1.54, 1.807) is 12.0 Å². The second-order valence-electron chi connectivity index (χ2n) is 4.71. The van der Waals surface area contributed by atoms with E-state index in [1.807, 2.05) is 24.3 Å². The van der Waals surface area contributed by atoms with Gasteiger partial charge >= 0.3 is 0 Å². The highest BCUT2D eigenvalue weighted by Gasteiger charge is 1.99. The van der Waals surface area contributed by atoms with Crippen molar-refractivity contribution >= 4 is 17.7 Å². The Bertz CT molecular complexity index is 513. The van der Waals surface area contributed by atoms with Crippen molar-refractivity contribution < 1.29 is 9.59 Å². The van der Waals surface area contributed by atoms with Gasteiger partial charge in [-0.25, -0.2) is 14.6 Å². The van der Waals surface area contributed by atoms with Gasteiger partial charge in [0.2, 0.25) is 6.08 Å². The van der Waals surface area contributed by atoms with E-state index >= 15 is 0 Å². The second kappa shape index (κ2) is 9.74. The van der Waals surface area contributed by atoms with Gasteiger partial charge in [0.05, 0.1) is 6.54 Å². The zero-order chi connectivity index (χ0) is 14.6. The van der Waals surface area contributed by atoms with Crippen LogP contribution in [-0.4, -0.2) is 18.6 Å². The normalized spacial score (nSPS) is 9.60. The van der Waals surface area contributed by atoms with Gasteiger partial charge in [0, 0.05) is 5.56 Å². The molecule has 0 aliphatic rings. The molecule has 0 radical (unpaired) electrons. The Morgan fingerprint density at radius 3 is 2.60 bits per heavy atom. The first-order valence-corrected chi connectivity index (χ1v) is 6.91. The van der Waals surface area contributed by atoms with Gasteiger partial charge < -0.3 is 5.73 Å². The fraction of sp³-hybridized carbons (Fsp3) is 0.438. The molecule has 106 valence electrons. The van der Waals surface area contributed by atoms with Crippen LogP contribution in [0.15, 0.2) is 29.3 Å². The summed E-state index contributed by atoms with van der Waals surface area (Å²) in [6.45, 7) is 0.586. The summed E-state index contributed by atoms with van der Waals surface area (Å²) in [5, 5.41) is 0. The number of aryl methyl sites for hydroxylation is 1. The van der Waals surface area contributed by atoms with Gasteiger partial charge in [0.1, 0.15) is 5.70 Å². The molecule has 1 aromatic rings. The van der Waals surface area contributed by atoms with Gasteiger partial charge in [-0.1, -0.05) is 37.5 Å². The molecule has 0 bridgehead atoms. The molecular formula is C16H20N2O2. The summed E-state index contributed by atoms with van der Waals surface area (Å²) in [5.41, 5.74) is 7.64. The van der Waals surface area contributed by atoms with Crippen molar-refractivity contribution in [2.24, 2.45) is 10.7 Å². The smallest absolute Gasteiger partial charge is 0.234 e. The minimum atomic E-state index is 0.155. The lowest BCUT2D eigenvalue weighted by Gasteiger charge is -2.04. The summed E-state index contributed by atoms with van der Waals surface area (Å²) in [6, 6.07) is 7.71. The topological polar surface area (TPSA) is 72.5 Å². The average molecular weight is 272 g/mol. The van der Waals surface area contributed by atoms with E-state index in [2.05, 4.69) is 4.99 Å². The monoisotopic (exact) mass is 272 g/mol. The molecule has 1 rings (SSSR count). The van der Waals surface area contributed by atoms with Crippen molar-refractivity contribution in [1.82, 2.24) is 0 Å². The first-order chi connectivity index (χ1) is 9.77. The summed E-state index contributed by atoms with van der Waals surface area (Å²) in [5.74, 6) is 1.72. The fourth-order valence-corrected chi connectivity index (χ4v) is 2.05. The first kappa shape index (κ1) is 15.9. The molecule has 0 atom stereocenters. The Morgan fingerprint density at radius 2 is 1.85 bits per heavy atom. The fourth-order valence-electron chi connectivity index (χ4n) is 2.05. The van der Waals surface area contributed by atoms with E-state index in [9.17, 15) is 9.59 Å². The molecule has 20 heavy (non-hydrogen) atoms. The molecule has 2 N–H and O–H groups in total. The molecular weight excluding hydrogens is 252 g/mol. The van der Waals surface area contributed by atoms with Crippen LogP contribution in [-0.2, 0) is 16.0 Å². The van der Waals surface area contributed by atoms with Crippen molar-refractivity contribution in [1.29, 1.82) is 0 Å². The molecule has 0 amide bonds. The number of aliphatic imine (C=N–C) groups is 1. The molecule has 4 heteroatoms. The third-order valence-corrected chi connectivity index (χ3v) is 3.15. The Hall–Kier alpha value is -2.15. The number of hydrogen-bond acceptors (Lipinski definition) is 4. The summed E-state index contributed by atoms with van der Waals surface area (Å²) in [6.07, 6.45) is 7.96. The van der Waals surface area contributed by atoms with E-state index in [4.69, 9.17) is 5.73 Å². The number of carbonyl (C=O) groups excluding carboxylic acids is 2. The number of nitrogens with two attached hydrogens (primary N) is 1. The molecule has 0 heterocycles. The average Bonchev–Trinajstić information content (AvgIpc) is 2.49. The maximum Gasteiger partial charge on any atom is 0.234 e. The van der Waals surface area contributed by atoms with E-state index < -0.39 is 0 Å². The van der Waals surface area contributed by atoms with E-state index in [-0.39, 0.29) is 5.70 Å².